The van der Waals surface area contributed by atoms with Crippen LogP contribution < -0.4 is 10.6 Å². The molecule has 2 rings (SSSR count). The number of alkyl halides is 3. The molecule has 2 aromatic carbocycles. The summed E-state index contributed by atoms with van der Waals surface area (Å²) in [6.07, 6.45) is -3.11. The van der Waals surface area contributed by atoms with Crippen molar-refractivity contribution < 1.29 is 18.0 Å². The minimum Gasteiger partial charge on any atom is -0.338 e. The molecule has 0 aromatic heterocycles. The molecule has 0 radical (unpaired) electrons. The molecule has 128 valence electrons. The zero-order valence-corrected chi connectivity index (χ0v) is 13.3. The number of aryl methyl sites for hydroxylation is 1. The highest BCUT2D eigenvalue weighted by molar-refractivity contribution is 5.89. The summed E-state index contributed by atoms with van der Waals surface area (Å²) in [7, 11) is 0. The van der Waals surface area contributed by atoms with Crippen molar-refractivity contribution >= 4 is 11.7 Å². The first kappa shape index (κ1) is 17.8. The topological polar surface area (TPSA) is 41.1 Å². The summed E-state index contributed by atoms with van der Waals surface area (Å²) < 4.78 is 37.9. The molecule has 0 bridgehead atoms. The van der Waals surface area contributed by atoms with Crippen LogP contribution in [0.2, 0.25) is 0 Å². The van der Waals surface area contributed by atoms with E-state index in [0.717, 1.165) is 18.6 Å². The van der Waals surface area contributed by atoms with E-state index in [1.54, 1.807) is 6.07 Å². The summed E-state index contributed by atoms with van der Waals surface area (Å²) >= 11 is 0. The molecule has 0 saturated carbocycles. The molecule has 2 amide bonds. The maximum Gasteiger partial charge on any atom is 0.416 e. The number of carbonyl (C=O) groups excluding carboxylic acids is 1. The maximum absolute atomic E-state index is 12.6. The lowest BCUT2D eigenvalue weighted by Gasteiger charge is -2.10. The SMILES string of the molecule is CCc1ccc(NC(=O)NCCc2cccc(C(F)(F)F)c2)cc1. The molecule has 0 aliphatic rings. The second-order valence-electron chi connectivity index (χ2n) is 5.38. The number of hydrogen-bond acceptors (Lipinski definition) is 1. The molecule has 2 N–H and O–H groups in total. The molecule has 0 atom stereocenters. The van der Waals surface area contributed by atoms with Gasteiger partial charge in [-0.15, -0.1) is 0 Å². The highest BCUT2D eigenvalue weighted by Crippen LogP contribution is 2.29. The highest BCUT2D eigenvalue weighted by atomic mass is 19.4. The third kappa shape index (κ3) is 5.30. The van der Waals surface area contributed by atoms with Crippen LogP contribution in [-0.4, -0.2) is 12.6 Å². The number of anilines is 1. The van der Waals surface area contributed by atoms with E-state index >= 15 is 0 Å². The summed E-state index contributed by atoms with van der Waals surface area (Å²) in [5.74, 6) is 0. The largest absolute Gasteiger partial charge is 0.416 e. The zero-order valence-electron chi connectivity index (χ0n) is 13.3. The van der Waals surface area contributed by atoms with Gasteiger partial charge in [0.25, 0.3) is 0 Å². The average molecular weight is 336 g/mol. The molecule has 2 aromatic rings. The molecule has 0 aliphatic heterocycles. The number of hydrogen-bond donors (Lipinski definition) is 2. The van der Waals surface area contributed by atoms with Gasteiger partial charge >= 0.3 is 12.2 Å². The monoisotopic (exact) mass is 336 g/mol. The van der Waals surface area contributed by atoms with Gasteiger partial charge in [0, 0.05) is 12.2 Å². The predicted molar refractivity (Wildman–Crippen MR) is 88.0 cm³/mol. The van der Waals surface area contributed by atoms with Gasteiger partial charge in [0.15, 0.2) is 0 Å². The van der Waals surface area contributed by atoms with Gasteiger partial charge in [0.2, 0.25) is 0 Å². The Morgan fingerprint density at radius 1 is 1.04 bits per heavy atom. The summed E-state index contributed by atoms with van der Waals surface area (Å²) in [6, 6.07) is 12.2. The van der Waals surface area contributed by atoms with Crippen LogP contribution in [0.3, 0.4) is 0 Å². The first-order valence-corrected chi connectivity index (χ1v) is 7.68. The molecule has 0 saturated heterocycles. The Balaban J connectivity index is 1.82. The molecule has 0 fully saturated rings. The van der Waals surface area contributed by atoms with Crippen molar-refractivity contribution in [2.75, 3.05) is 11.9 Å². The van der Waals surface area contributed by atoms with Crippen LogP contribution in [0.4, 0.5) is 23.7 Å². The maximum atomic E-state index is 12.6. The summed E-state index contributed by atoms with van der Waals surface area (Å²) in [6.45, 7) is 2.29. The number of amides is 2. The van der Waals surface area contributed by atoms with Crippen LogP contribution in [0.1, 0.15) is 23.6 Å². The van der Waals surface area contributed by atoms with E-state index in [-0.39, 0.29) is 12.6 Å². The Kier molecular flexibility index (Phi) is 5.84. The Morgan fingerprint density at radius 2 is 1.75 bits per heavy atom. The molecule has 0 heterocycles. The lowest BCUT2D eigenvalue weighted by molar-refractivity contribution is -0.137. The first-order chi connectivity index (χ1) is 11.4. The van der Waals surface area contributed by atoms with Gasteiger partial charge in [0.1, 0.15) is 0 Å². The van der Waals surface area contributed by atoms with Gasteiger partial charge < -0.3 is 10.6 Å². The average Bonchev–Trinajstić information content (AvgIpc) is 2.55. The zero-order chi connectivity index (χ0) is 17.6. The van der Waals surface area contributed by atoms with Crippen molar-refractivity contribution in [1.29, 1.82) is 0 Å². The van der Waals surface area contributed by atoms with E-state index in [2.05, 4.69) is 10.6 Å². The van der Waals surface area contributed by atoms with Gasteiger partial charge in [-0.2, -0.15) is 13.2 Å². The van der Waals surface area contributed by atoms with E-state index in [4.69, 9.17) is 0 Å². The molecular weight excluding hydrogens is 317 g/mol. The van der Waals surface area contributed by atoms with Crippen molar-refractivity contribution in [3.05, 3.63) is 65.2 Å². The van der Waals surface area contributed by atoms with Crippen LogP contribution >= 0.6 is 0 Å². The Bertz CT molecular complexity index is 681. The summed E-state index contributed by atoms with van der Waals surface area (Å²) in [5.41, 5.74) is 1.69. The number of nitrogens with one attached hydrogen (secondary N) is 2. The Labute approximate surface area is 138 Å². The summed E-state index contributed by atoms with van der Waals surface area (Å²) in [5, 5.41) is 5.32. The van der Waals surface area contributed by atoms with E-state index in [1.165, 1.54) is 11.6 Å². The fourth-order valence-corrected chi connectivity index (χ4v) is 2.22. The van der Waals surface area contributed by atoms with Crippen molar-refractivity contribution in [3.8, 4) is 0 Å². The first-order valence-electron chi connectivity index (χ1n) is 7.68. The van der Waals surface area contributed by atoms with Crippen molar-refractivity contribution in [3.63, 3.8) is 0 Å². The lowest BCUT2D eigenvalue weighted by atomic mass is 10.1. The van der Waals surface area contributed by atoms with E-state index in [1.807, 2.05) is 31.2 Å². The minimum absolute atomic E-state index is 0.250. The second kappa shape index (κ2) is 7.86. The van der Waals surface area contributed by atoms with E-state index < -0.39 is 11.7 Å². The van der Waals surface area contributed by atoms with Crippen LogP contribution in [0, 0.1) is 0 Å². The second-order valence-corrected chi connectivity index (χ2v) is 5.38. The third-order valence-electron chi connectivity index (χ3n) is 3.57. The number of rotatable bonds is 5. The smallest absolute Gasteiger partial charge is 0.338 e. The van der Waals surface area contributed by atoms with E-state index in [9.17, 15) is 18.0 Å². The predicted octanol–water partition coefficient (Wildman–Crippen LogP) is 4.63. The van der Waals surface area contributed by atoms with Crippen molar-refractivity contribution in [1.82, 2.24) is 5.32 Å². The molecule has 3 nitrogen and oxygen atoms in total. The fourth-order valence-electron chi connectivity index (χ4n) is 2.22. The lowest BCUT2D eigenvalue weighted by Crippen LogP contribution is -2.30. The van der Waals surface area contributed by atoms with Gasteiger partial charge in [-0.05, 0) is 42.2 Å². The molecular formula is C18H19F3N2O. The quantitative estimate of drug-likeness (QED) is 0.821. The number of urea groups is 1. The Hall–Kier alpha value is -2.50. The van der Waals surface area contributed by atoms with Gasteiger partial charge in [-0.1, -0.05) is 37.3 Å². The molecule has 0 unspecified atom stereocenters. The molecule has 0 spiro atoms. The van der Waals surface area contributed by atoms with Crippen LogP contribution in [0.15, 0.2) is 48.5 Å². The minimum atomic E-state index is -4.36. The van der Waals surface area contributed by atoms with Crippen LogP contribution in [0.25, 0.3) is 0 Å². The highest BCUT2D eigenvalue weighted by Gasteiger charge is 2.30. The van der Waals surface area contributed by atoms with Gasteiger partial charge in [-0.25, -0.2) is 4.79 Å². The fraction of sp³-hybridized carbons (Fsp3) is 0.278. The van der Waals surface area contributed by atoms with Gasteiger partial charge in [-0.3, -0.25) is 0 Å². The van der Waals surface area contributed by atoms with Crippen LogP contribution in [-0.2, 0) is 19.0 Å². The third-order valence-corrected chi connectivity index (χ3v) is 3.57. The molecule has 0 aliphatic carbocycles. The van der Waals surface area contributed by atoms with E-state index in [0.29, 0.717) is 17.7 Å². The molecule has 6 heteroatoms. The van der Waals surface area contributed by atoms with Crippen molar-refractivity contribution in [2.24, 2.45) is 0 Å². The van der Waals surface area contributed by atoms with Crippen LogP contribution in [0.5, 0.6) is 0 Å². The van der Waals surface area contributed by atoms with Crippen molar-refractivity contribution in [2.45, 2.75) is 25.9 Å². The standard InChI is InChI=1S/C18H19F3N2O/c1-2-13-6-8-16(9-7-13)23-17(24)22-11-10-14-4-3-5-15(12-14)18(19,20)21/h3-9,12H,2,10-11H2,1H3,(H2,22,23,24). The number of carbonyl (C=O) groups is 1. The summed E-state index contributed by atoms with van der Waals surface area (Å²) in [4.78, 5) is 11.8. The molecule has 24 heavy (non-hydrogen) atoms. The normalized spacial score (nSPS) is 11.2. The number of halogens is 3. The Morgan fingerprint density at radius 3 is 2.38 bits per heavy atom. The van der Waals surface area contributed by atoms with Gasteiger partial charge in [0.05, 0.1) is 5.56 Å². The number of benzene rings is 2.